The van der Waals surface area contributed by atoms with Gasteiger partial charge in [0, 0.05) is 39.1 Å². The number of rotatable bonds is 6. The fraction of sp³-hybridized carbons (Fsp3) is 0.333. The fourth-order valence-electron chi connectivity index (χ4n) is 2.66. The zero-order valence-electron chi connectivity index (χ0n) is 13.2. The maximum absolute atomic E-state index is 11.5. The van der Waals surface area contributed by atoms with Gasteiger partial charge in [-0.1, -0.05) is 12.1 Å². The van der Waals surface area contributed by atoms with Crippen molar-refractivity contribution in [1.82, 2.24) is 15.2 Å². The predicted molar refractivity (Wildman–Crippen MR) is 87.8 cm³/mol. The van der Waals surface area contributed by atoms with Gasteiger partial charge in [-0.3, -0.25) is 14.7 Å². The van der Waals surface area contributed by atoms with Crippen molar-refractivity contribution >= 4 is 5.91 Å². The first-order chi connectivity index (χ1) is 11.2. The van der Waals surface area contributed by atoms with E-state index in [1.165, 1.54) is 5.56 Å². The number of benzene rings is 1. The van der Waals surface area contributed by atoms with Gasteiger partial charge in [0.05, 0.1) is 5.92 Å². The molecule has 0 bridgehead atoms. The molecule has 1 aliphatic rings. The summed E-state index contributed by atoms with van der Waals surface area (Å²) in [5.41, 5.74) is 2.33. The Morgan fingerprint density at radius 2 is 1.87 bits per heavy atom. The third-order valence-electron chi connectivity index (χ3n) is 4.06. The first kappa shape index (κ1) is 15.5. The van der Waals surface area contributed by atoms with E-state index in [9.17, 15) is 4.79 Å². The maximum Gasteiger partial charge on any atom is 0.225 e. The van der Waals surface area contributed by atoms with Crippen LogP contribution in [0.25, 0.3) is 0 Å². The Bertz CT molecular complexity index is 637. The van der Waals surface area contributed by atoms with Crippen molar-refractivity contribution in [2.24, 2.45) is 5.92 Å². The smallest absolute Gasteiger partial charge is 0.225 e. The average molecular weight is 311 g/mol. The average Bonchev–Trinajstić information content (AvgIpc) is 2.57. The summed E-state index contributed by atoms with van der Waals surface area (Å²) in [6.45, 7) is 3.08. The first-order valence-corrected chi connectivity index (χ1v) is 7.79. The van der Waals surface area contributed by atoms with E-state index in [2.05, 4.69) is 27.3 Å². The highest BCUT2D eigenvalue weighted by Crippen LogP contribution is 2.20. The van der Waals surface area contributed by atoms with E-state index in [1.807, 2.05) is 24.3 Å². The van der Waals surface area contributed by atoms with Crippen molar-refractivity contribution < 1.29 is 9.53 Å². The van der Waals surface area contributed by atoms with Gasteiger partial charge < -0.3 is 10.1 Å². The van der Waals surface area contributed by atoms with Crippen molar-refractivity contribution in [2.45, 2.75) is 13.2 Å². The largest absolute Gasteiger partial charge is 0.489 e. The summed E-state index contributed by atoms with van der Waals surface area (Å²) in [6.07, 6.45) is 3.53. The second kappa shape index (κ2) is 7.24. The summed E-state index contributed by atoms with van der Waals surface area (Å²) in [7, 11) is 1.69. The SMILES string of the molecule is CNC(=O)C1CN(Cc2ccc(OCc3ccncc3)cc2)C1. The molecule has 0 spiro atoms. The number of nitrogens with one attached hydrogen (secondary N) is 1. The number of pyridine rings is 1. The summed E-state index contributed by atoms with van der Waals surface area (Å²) in [4.78, 5) is 17.7. The van der Waals surface area contributed by atoms with Crippen molar-refractivity contribution in [1.29, 1.82) is 0 Å². The van der Waals surface area contributed by atoms with Gasteiger partial charge in [0.1, 0.15) is 12.4 Å². The minimum Gasteiger partial charge on any atom is -0.489 e. The van der Waals surface area contributed by atoms with Crippen LogP contribution in [0.1, 0.15) is 11.1 Å². The fourth-order valence-corrected chi connectivity index (χ4v) is 2.66. The molecule has 120 valence electrons. The van der Waals surface area contributed by atoms with E-state index in [4.69, 9.17) is 4.74 Å². The second-order valence-electron chi connectivity index (χ2n) is 5.79. The van der Waals surface area contributed by atoms with E-state index in [-0.39, 0.29) is 11.8 Å². The van der Waals surface area contributed by atoms with Crippen LogP contribution in [0.2, 0.25) is 0 Å². The molecule has 1 fully saturated rings. The Labute approximate surface area is 136 Å². The molecule has 0 aliphatic carbocycles. The minimum absolute atomic E-state index is 0.140. The Balaban J connectivity index is 1.45. The number of aromatic nitrogens is 1. The molecule has 1 N–H and O–H groups in total. The topological polar surface area (TPSA) is 54.5 Å². The zero-order valence-corrected chi connectivity index (χ0v) is 13.2. The number of nitrogens with zero attached hydrogens (tertiary/aromatic N) is 2. The maximum atomic E-state index is 11.5. The van der Waals surface area contributed by atoms with Gasteiger partial charge in [-0.2, -0.15) is 0 Å². The molecule has 1 amide bonds. The molecule has 5 nitrogen and oxygen atoms in total. The molecule has 5 heteroatoms. The molecular formula is C18H21N3O2. The number of likely N-dealkylation sites (tertiary alicyclic amines) is 1. The Hall–Kier alpha value is -2.40. The van der Waals surface area contributed by atoms with Crippen LogP contribution in [0.5, 0.6) is 5.75 Å². The van der Waals surface area contributed by atoms with E-state index in [0.717, 1.165) is 30.9 Å². The highest BCUT2D eigenvalue weighted by molar-refractivity contribution is 5.79. The summed E-state index contributed by atoms with van der Waals surface area (Å²) >= 11 is 0. The number of carbonyl (C=O) groups excluding carboxylic acids is 1. The molecule has 3 rings (SSSR count). The number of ether oxygens (including phenoxy) is 1. The van der Waals surface area contributed by atoms with Gasteiger partial charge in [-0.25, -0.2) is 0 Å². The predicted octanol–water partition coefficient (Wildman–Crippen LogP) is 1.84. The summed E-state index contributed by atoms with van der Waals surface area (Å²) in [6, 6.07) is 12.0. The molecule has 1 aliphatic heterocycles. The van der Waals surface area contributed by atoms with Gasteiger partial charge in [-0.15, -0.1) is 0 Å². The van der Waals surface area contributed by atoms with Crippen LogP contribution >= 0.6 is 0 Å². The molecule has 23 heavy (non-hydrogen) atoms. The number of amides is 1. The van der Waals surface area contributed by atoms with Crippen molar-refractivity contribution in [2.75, 3.05) is 20.1 Å². The summed E-state index contributed by atoms with van der Waals surface area (Å²) in [5.74, 6) is 1.14. The molecule has 0 saturated carbocycles. The van der Waals surface area contributed by atoms with Crippen LogP contribution in [-0.4, -0.2) is 35.9 Å². The quantitative estimate of drug-likeness (QED) is 0.884. The Morgan fingerprint density at radius 1 is 1.17 bits per heavy atom. The molecular weight excluding hydrogens is 290 g/mol. The molecule has 0 radical (unpaired) electrons. The lowest BCUT2D eigenvalue weighted by Crippen LogP contribution is -2.52. The highest BCUT2D eigenvalue weighted by atomic mass is 16.5. The second-order valence-corrected chi connectivity index (χ2v) is 5.79. The highest BCUT2D eigenvalue weighted by Gasteiger charge is 2.31. The van der Waals surface area contributed by atoms with Gasteiger partial charge in [0.2, 0.25) is 5.91 Å². The monoisotopic (exact) mass is 311 g/mol. The van der Waals surface area contributed by atoms with E-state index < -0.39 is 0 Å². The first-order valence-electron chi connectivity index (χ1n) is 7.79. The lowest BCUT2D eigenvalue weighted by atomic mass is 9.98. The number of hydrogen-bond donors (Lipinski definition) is 1. The zero-order chi connectivity index (χ0) is 16.1. The van der Waals surface area contributed by atoms with E-state index in [1.54, 1.807) is 19.4 Å². The minimum atomic E-state index is 0.140. The molecule has 1 aromatic heterocycles. The van der Waals surface area contributed by atoms with Crippen molar-refractivity contribution in [3.8, 4) is 5.75 Å². The number of carbonyl (C=O) groups is 1. The third kappa shape index (κ3) is 4.07. The molecule has 1 saturated heterocycles. The van der Waals surface area contributed by atoms with Crippen LogP contribution in [0.3, 0.4) is 0 Å². The molecule has 1 aromatic carbocycles. The molecule has 0 atom stereocenters. The lowest BCUT2D eigenvalue weighted by Gasteiger charge is -2.38. The number of hydrogen-bond acceptors (Lipinski definition) is 4. The van der Waals surface area contributed by atoms with Gasteiger partial charge in [0.15, 0.2) is 0 Å². The van der Waals surface area contributed by atoms with Gasteiger partial charge >= 0.3 is 0 Å². The molecule has 0 unspecified atom stereocenters. The Morgan fingerprint density at radius 3 is 2.52 bits per heavy atom. The van der Waals surface area contributed by atoms with E-state index >= 15 is 0 Å². The third-order valence-corrected chi connectivity index (χ3v) is 4.06. The summed E-state index contributed by atoms with van der Waals surface area (Å²) in [5, 5.41) is 2.70. The van der Waals surface area contributed by atoms with Crippen LogP contribution in [0.15, 0.2) is 48.8 Å². The Kier molecular flexibility index (Phi) is 4.88. The standard InChI is InChI=1S/C18H21N3O2/c1-19-18(22)16-11-21(12-16)10-14-2-4-17(5-3-14)23-13-15-6-8-20-9-7-15/h2-9,16H,10-13H2,1H3,(H,19,22). The molecule has 2 aromatic rings. The van der Waals surface area contributed by atoms with Gasteiger partial charge in [0.25, 0.3) is 0 Å². The summed E-state index contributed by atoms with van der Waals surface area (Å²) < 4.78 is 5.76. The molecule has 2 heterocycles. The van der Waals surface area contributed by atoms with Crippen molar-refractivity contribution in [3.05, 3.63) is 59.9 Å². The van der Waals surface area contributed by atoms with Crippen molar-refractivity contribution in [3.63, 3.8) is 0 Å². The normalized spacial score (nSPS) is 15.0. The van der Waals surface area contributed by atoms with Gasteiger partial charge in [-0.05, 0) is 35.4 Å². The van der Waals surface area contributed by atoms with Crippen LogP contribution in [0.4, 0.5) is 0 Å². The van der Waals surface area contributed by atoms with E-state index in [0.29, 0.717) is 6.61 Å². The van der Waals surface area contributed by atoms with Crippen LogP contribution in [0, 0.1) is 5.92 Å². The van der Waals surface area contributed by atoms with Crippen LogP contribution in [-0.2, 0) is 17.9 Å². The van der Waals surface area contributed by atoms with Crippen LogP contribution < -0.4 is 10.1 Å². The lowest BCUT2D eigenvalue weighted by molar-refractivity contribution is -0.129.